The number of hydrogen-bond donors (Lipinski definition) is 0. The predicted molar refractivity (Wildman–Crippen MR) is 76.5 cm³/mol. The second-order valence-electron chi connectivity index (χ2n) is 5.79. The first-order chi connectivity index (χ1) is 10.5. The molecule has 118 valence electrons. The highest BCUT2D eigenvalue weighted by atomic mass is 32.2. The molecule has 5 nitrogen and oxygen atoms in total. The van der Waals surface area contributed by atoms with Gasteiger partial charge in [0.1, 0.15) is 16.0 Å². The number of rotatable bonds is 4. The van der Waals surface area contributed by atoms with Gasteiger partial charge in [-0.05, 0) is 30.5 Å². The summed E-state index contributed by atoms with van der Waals surface area (Å²) in [6, 6.07) is 4.03. The van der Waals surface area contributed by atoms with E-state index < -0.39 is 26.4 Å². The SMILES string of the molecule is O=C=NC1(c2ccc(S(=O)(=O)C3COC3)c(F)c2)CCCC1. The fourth-order valence-corrected chi connectivity index (χ4v) is 4.60. The van der Waals surface area contributed by atoms with Gasteiger partial charge in [-0.1, -0.05) is 18.9 Å². The van der Waals surface area contributed by atoms with Crippen molar-refractivity contribution >= 4 is 15.9 Å². The zero-order valence-electron chi connectivity index (χ0n) is 11.9. The highest BCUT2D eigenvalue weighted by Gasteiger charge is 2.39. The standard InChI is InChI=1S/C15H16FNO4S/c16-13-7-11(15(17-10-18)5-1-2-6-15)3-4-14(13)22(19,20)12-8-21-9-12/h3-4,7,12H,1-2,5-6,8-9H2. The lowest BCUT2D eigenvalue weighted by molar-refractivity contribution is 0.0415. The van der Waals surface area contributed by atoms with Crippen molar-refractivity contribution in [1.29, 1.82) is 0 Å². The molecule has 1 aromatic rings. The summed E-state index contributed by atoms with van der Waals surface area (Å²) < 4.78 is 43.8. The Balaban J connectivity index is 2.00. The van der Waals surface area contributed by atoms with Gasteiger partial charge in [0.2, 0.25) is 6.08 Å². The third kappa shape index (κ3) is 2.39. The Bertz CT molecular complexity index is 730. The summed E-state index contributed by atoms with van der Waals surface area (Å²) >= 11 is 0. The van der Waals surface area contributed by atoms with E-state index in [2.05, 4.69) is 4.99 Å². The summed E-state index contributed by atoms with van der Waals surface area (Å²) in [4.78, 5) is 14.3. The maximum Gasteiger partial charge on any atom is 0.235 e. The summed E-state index contributed by atoms with van der Waals surface area (Å²) in [7, 11) is -3.71. The molecule has 22 heavy (non-hydrogen) atoms. The molecule has 0 amide bonds. The molecule has 0 spiro atoms. The highest BCUT2D eigenvalue weighted by Crippen LogP contribution is 2.42. The van der Waals surface area contributed by atoms with Crippen LogP contribution in [0.1, 0.15) is 31.2 Å². The lowest BCUT2D eigenvalue weighted by atomic mass is 9.89. The first-order valence-corrected chi connectivity index (χ1v) is 8.75. The van der Waals surface area contributed by atoms with Gasteiger partial charge in [0, 0.05) is 0 Å². The lowest BCUT2D eigenvalue weighted by Crippen LogP contribution is -2.41. The van der Waals surface area contributed by atoms with Crippen molar-refractivity contribution in [2.45, 2.75) is 41.4 Å². The summed E-state index contributed by atoms with van der Waals surface area (Å²) in [6.07, 6.45) is 4.64. The minimum Gasteiger partial charge on any atom is -0.379 e. The first-order valence-electron chi connectivity index (χ1n) is 7.20. The minimum atomic E-state index is -3.71. The van der Waals surface area contributed by atoms with E-state index in [0.29, 0.717) is 18.4 Å². The van der Waals surface area contributed by atoms with Crippen LogP contribution in [0.3, 0.4) is 0 Å². The third-order valence-corrected chi connectivity index (χ3v) is 6.61. The Morgan fingerprint density at radius 1 is 1.27 bits per heavy atom. The van der Waals surface area contributed by atoms with E-state index in [1.54, 1.807) is 12.1 Å². The average Bonchev–Trinajstić information content (AvgIpc) is 2.86. The molecule has 0 aromatic heterocycles. The van der Waals surface area contributed by atoms with Crippen molar-refractivity contribution in [3.8, 4) is 0 Å². The topological polar surface area (TPSA) is 72.8 Å². The van der Waals surface area contributed by atoms with Gasteiger partial charge in [-0.25, -0.2) is 17.6 Å². The van der Waals surface area contributed by atoms with Gasteiger partial charge >= 0.3 is 0 Å². The molecule has 1 saturated heterocycles. The maximum atomic E-state index is 14.4. The normalized spacial score (nSPS) is 21.1. The Morgan fingerprint density at radius 2 is 1.95 bits per heavy atom. The zero-order chi connectivity index (χ0) is 15.8. The number of isocyanates is 1. The molecule has 0 atom stereocenters. The van der Waals surface area contributed by atoms with Crippen LogP contribution in [-0.4, -0.2) is 33.0 Å². The molecule has 1 aromatic carbocycles. The number of sulfone groups is 1. The van der Waals surface area contributed by atoms with E-state index in [-0.39, 0.29) is 18.1 Å². The molecule has 0 radical (unpaired) electrons. The molecular weight excluding hydrogens is 309 g/mol. The van der Waals surface area contributed by atoms with E-state index in [1.807, 2.05) is 0 Å². The van der Waals surface area contributed by atoms with Crippen molar-refractivity contribution in [1.82, 2.24) is 0 Å². The average molecular weight is 325 g/mol. The van der Waals surface area contributed by atoms with Gasteiger partial charge < -0.3 is 4.74 Å². The van der Waals surface area contributed by atoms with Crippen molar-refractivity contribution in [2.75, 3.05) is 13.2 Å². The Kier molecular flexibility index (Phi) is 3.89. The molecule has 0 unspecified atom stereocenters. The molecule has 2 aliphatic rings. The van der Waals surface area contributed by atoms with E-state index in [1.165, 1.54) is 12.1 Å². The Morgan fingerprint density at radius 3 is 2.45 bits per heavy atom. The molecule has 3 rings (SSSR count). The van der Waals surface area contributed by atoms with Crippen LogP contribution in [0.25, 0.3) is 0 Å². The zero-order valence-corrected chi connectivity index (χ0v) is 12.7. The van der Waals surface area contributed by atoms with Crippen LogP contribution in [-0.2, 0) is 24.9 Å². The van der Waals surface area contributed by atoms with Gasteiger partial charge in [0.05, 0.1) is 18.8 Å². The van der Waals surface area contributed by atoms with E-state index >= 15 is 0 Å². The van der Waals surface area contributed by atoms with E-state index in [9.17, 15) is 17.6 Å². The van der Waals surface area contributed by atoms with E-state index in [4.69, 9.17) is 4.74 Å². The fourth-order valence-electron chi connectivity index (χ4n) is 3.11. The Labute approximate surface area is 128 Å². The molecular formula is C15H16FNO4S. The summed E-state index contributed by atoms with van der Waals surface area (Å²) in [5.74, 6) is -0.795. The smallest absolute Gasteiger partial charge is 0.235 e. The maximum absolute atomic E-state index is 14.4. The van der Waals surface area contributed by atoms with E-state index in [0.717, 1.165) is 12.8 Å². The summed E-state index contributed by atoms with van der Waals surface area (Å²) in [5.41, 5.74) is -0.223. The first kappa shape index (κ1) is 15.3. The van der Waals surface area contributed by atoms with Crippen molar-refractivity contribution < 1.29 is 22.3 Å². The molecule has 1 aliphatic carbocycles. The largest absolute Gasteiger partial charge is 0.379 e. The molecule has 1 saturated carbocycles. The number of nitrogens with zero attached hydrogens (tertiary/aromatic N) is 1. The number of halogens is 1. The van der Waals surface area contributed by atoms with Crippen LogP contribution >= 0.6 is 0 Å². The Hall–Kier alpha value is -1.56. The van der Waals surface area contributed by atoms with Gasteiger partial charge in [-0.3, -0.25) is 0 Å². The number of benzene rings is 1. The third-order valence-electron chi connectivity index (χ3n) is 4.51. The van der Waals surface area contributed by atoms with Crippen molar-refractivity contribution in [3.63, 3.8) is 0 Å². The second-order valence-corrected chi connectivity index (χ2v) is 7.99. The summed E-state index contributed by atoms with van der Waals surface area (Å²) in [5, 5.41) is -0.679. The van der Waals surface area contributed by atoms with Crippen molar-refractivity contribution in [2.24, 2.45) is 4.99 Å². The van der Waals surface area contributed by atoms with Crippen LogP contribution in [0.2, 0.25) is 0 Å². The second kappa shape index (κ2) is 5.57. The van der Waals surface area contributed by atoms with Gasteiger partial charge in [0.25, 0.3) is 0 Å². The number of carbonyl (C=O) groups excluding carboxylic acids is 1. The number of aliphatic imine (C=N–C) groups is 1. The highest BCUT2D eigenvalue weighted by molar-refractivity contribution is 7.92. The molecule has 7 heteroatoms. The molecule has 1 aliphatic heterocycles. The predicted octanol–water partition coefficient (Wildman–Crippen LogP) is 2.10. The summed E-state index contributed by atoms with van der Waals surface area (Å²) in [6.45, 7) is 0.200. The van der Waals surface area contributed by atoms with Gasteiger partial charge in [-0.15, -0.1) is 0 Å². The van der Waals surface area contributed by atoms with Crippen LogP contribution in [0, 0.1) is 5.82 Å². The van der Waals surface area contributed by atoms with Gasteiger partial charge in [0.15, 0.2) is 9.84 Å². The van der Waals surface area contributed by atoms with Crippen molar-refractivity contribution in [3.05, 3.63) is 29.6 Å². The molecule has 1 heterocycles. The molecule has 2 fully saturated rings. The van der Waals surface area contributed by atoms with Crippen LogP contribution in [0.4, 0.5) is 4.39 Å². The monoisotopic (exact) mass is 325 g/mol. The van der Waals surface area contributed by atoms with Crippen LogP contribution in [0.5, 0.6) is 0 Å². The van der Waals surface area contributed by atoms with Crippen LogP contribution in [0.15, 0.2) is 28.1 Å². The fraction of sp³-hybridized carbons (Fsp3) is 0.533. The minimum absolute atomic E-state index is 0.100. The molecule has 0 bridgehead atoms. The van der Waals surface area contributed by atoms with Gasteiger partial charge in [-0.2, -0.15) is 4.99 Å². The lowest BCUT2D eigenvalue weighted by Gasteiger charge is -2.27. The molecule has 0 N–H and O–H groups in total. The van der Waals surface area contributed by atoms with Crippen LogP contribution < -0.4 is 0 Å². The quantitative estimate of drug-likeness (QED) is 0.628. The number of hydrogen-bond acceptors (Lipinski definition) is 5. The number of ether oxygens (including phenoxy) is 1.